The summed E-state index contributed by atoms with van der Waals surface area (Å²) < 4.78 is 0. The summed E-state index contributed by atoms with van der Waals surface area (Å²) >= 11 is 6.20. The summed E-state index contributed by atoms with van der Waals surface area (Å²) in [6, 6.07) is 13.0. The van der Waals surface area contributed by atoms with E-state index in [1.54, 1.807) is 12.3 Å². The smallest absolute Gasteiger partial charge is 0.336 e. The molecule has 2 aromatic carbocycles. The molecule has 1 N–H and O–H groups in total. The first-order valence-corrected chi connectivity index (χ1v) is 12.9. The number of carboxylic acids is 1. The number of alkyl halides is 1. The van der Waals surface area contributed by atoms with Gasteiger partial charge in [-0.2, -0.15) is 0 Å². The molecule has 0 amide bonds. The molecule has 0 aliphatic heterocycles. The van der Waals surface area contributed by atoms with Crippen molar-refractivity contribution in [1.29, 1.82) is 0 Å². The first kappa shape index (κ1) is 26.2. The number of aromatic carboxylic acids is 1. The number of nitrogens with zero attached hydrogens (tertiary/aromatic N) is 3. The Labute approximate surface area is 229 Å². The molecule has 0 radical (unpaired) electrons. The maximum atomic E-state index is 13.2. The van der Waals surface area contributed by atoms with Gasteiger partial charge in [-0.3, -0.25) is 14.6 Å². The van der Waals surface area contributed by atoms with E-state index >= 15 is 0 Å². The molecule has 1 heterocycles. The molecule has 0 saturated heterocycles. The maximum Gasteiger partial charge on any atom is 0.336 e. The minimum absolute atomic E-state index is 0.0226. The predicted octanol–water partition coefficient (Wildman–Crippen LogP) is 6.31. The minimum atomic E-state index is -1.36. The van der Waals surface area contributed by atoms with Crippen LogP contribution in [0.1, 0.15) is 61.6 Å². The summed E-state index contributed by atoms with van der Waals surface area (Å²) in [6.45, 7) is 0.849. The summed E-state index contributed by atoms with van der Waals surface area (Å²) in [5, 5.41) is 12.6. The highest BCUT2D eigenvalue weighted by molar-refractivity contribution is 6.22. The third-order valence-electron chi connectivity index (χ3n) is 6.74. The number of carboxylic acid groups (broad SMARTS) is 1. The van der Waals surface area contributed by atoms with Gasteiger partial charge in [0.25, 0.3) is 0 Å². The number of halogens is 1. The van der Waals surface area contributed by atoms with E-state index in [0.29, 0.717) is 5.92 Å². The van der Waals surface area contributed by atoms with Gasteiger partial charge in [0.1, 0.15) is 11.4 Å². The molecule has 2 aliphatic rings. The highest BCUT2D eigenvalue weighted by Gasteiger charge is 2.27. The van der Waals surface area contributed by atoms with Crippen LogP contribution in [-0.2, 0) is 0 Å². The van der Waals surface area contributed by atoms with Crippen molar-refractivity contribution in [3.63, 3.8) is 0 Å². The Bertz CT molecular complexity index is 1530. The molecule has 1 fully saturated rings. The zero-order chi connectivity index (χ0) is 27.5. The van der Waals surface area contributed by atoms with Gasteiger partial charge in [0.15, 0.2) is 5.78 Å². The number of benzene rings is 2. The van der Waals surface area contributed by atoms with E-state index in [1.807, 2.05) is 18.2 Å². The van der Waals surface area contributed by atoms with Crippen molar-refractivity contribution < 1.29 is 19.5 Å². The molecule has 3 aromatic rings. The fourth-order valence-corrected chi connectivity index (χ4v) is 4.61. The van der Waals surface area contributed by atoms with Crippen LogP contribution in [0.5, 0.6) is 0 Å². The van der Waals surface area contributed by atoms with Crippen LogP contribution in [0.15, 0.2) is 89.9 Å². The van der Waals surface area contributed by atoms with Crippen LogP contribution in [0.25, 0.3) is 0 Å². The molecule has 8 nitrogen and oxygen atoms in total. The molecule has 196 valence electrons. The van der Waals surface area contributed by atoms with Crippen LogP contribution in [0.2, 0.25) is 0 Å². The van der Waals surface area contributed by atoms with Crippen LogP contribution >= 0.6 is 11.6 Å². The normalized spacial score (nSPS) is 16.3. The van der Waals surface area contributed by atoms with E-state index in [9.17, 15) is 24.4 Å². The lowest BCUT2D eigenvalue weighted by Gasteiger charge is -2.27. The summed E-state index contributed by atoms with van der Waals surface area (Å²) in [7, 11) is 0. The lowest BCUT2D eigenvalue weighted by Crippen LogP contribution is -2.25. The van der Waals surface area contributed by atoms with Crippen molar-refractivity contribution in [3.05, 3.63) is 118 Å². The van der Waals surface area contributed by atoms with Crippen LogP contribution in [0, 0.1) is 10.8 Å². The van der Waals surface area contributed by atoms with Gasteiger partial charge in [0.2, 0.25) is 5.78 Å². The number of carbonyl (C=O) groups is 3. The molecule has 9 heteroatoms. The van der Waals surface area contributed by atoms with E-state index in [1.165, 1.54) is 55.3 Å². The minimum Gasteiger partial charge on any atom is -0.478 e. The van der Waals surface area contributed by atoms with Gasteiger partial charge in [-0.1, -0.05) is 30.4 Å². The predicted molar refractivity (Wildman–Crippen MR) is 148 cm³/mol. The number of carbonyl (C=O) groups excluding carboxylic acids is 2. The quantitative estimate of drug-likeness (QED) is 0.181. The van der Waals surface area contributed by atoms with Gasteiger partial charge >= 0.3 is 5.97 Å². The van der Waals surface area contributed by atoms with Gasteiger partial charge in [0, 0.05) is 28.9 Å². The van der Waals surface area contributed by atoms with Crippen molar-refractivity contribution in [3.8, 4) is 0 Å². The van der Waals surface area contributed by atoms with Crippen LogP contribution in [-0.4, -0.2) is 39.5 Å². The largest absolute Gasteiger partial charge is 0.478 e. The average Bonchev–Trinajstić information content (AvgIpc) is 3.80. The second kappa shape index (κ2) is 11.1. The number of anilines is 1. The Morgan fingerprint density at radius 2 is 1.79 bits per heavy atom. The second-order valence-corrected chi connectivity index (χ2v) is 10.1. The second-order valence-electron chi connectivity index (χ2n) is 9.56. The number of hydrogen-bond acceptors (Lipinski definition) is 7. The van der Waals surface area contributed by atoms with Gasteiger partial charge < -0.3 is 10.0 Å². The molecule has 1 unspecified atom stereocenters. The van der Waals surface area contributed by atoms with Gasteiger partial charge in [-0.05, 0) is 72.8 Å². The molecule has 0 spiro atoms. The van der Waals surface area contributed by atoms with E-state index in [-0.39, 0.29) is 39.0 Å². The number of allylic oxidation sites excluding steroid dienone is 3. The molecular formula is C30H24ClN3O5. The maximum absolute atomic E-state index is 13.2. The molecule has 2 aliphatic carbocycles. The molecule has 1 atom stereocenters. The summed E-state index contributed by atoms with van der Waals surface area (Å²) in [6.07, 6.45) is 10.8. The standard InChI is InChI=1S/C30H24ClN3O5/c31-21-7-9-23(10-8-21)34(17-18-4-5-18)24-11-13-27(32-16-24)29(36)20-6-12-25(26(15-20)30(37)38)28(35)19-2-1-3-22(14-19)33-39/h1-3,6-7,9-16,18,21H,4-5,8,17H2,(H,37,38). The van der Waals surface area contributed by atoms with Crippen molar-refractivity contribution >= 4 is 40.5 Å². The molecular weight excluding hydrogens is 518 g/mol. The number of aromatic nitrogens is 1. The topological polar surface area (TPSA) is 117 Å². The van der Waals surface area contributed by atoms with Crippen molar-refractivity contribution in [2.45, 2.75) is 24.6 Å². The Morgan fingerprint density at radius 3 is 2.44 bits per heavy atom. The highest BCUT2D eigenvalue weighted by atomic mass is 35.5. The summed E-state index contributed by atoms with van der Waals surface area (Å²) in [4.78, 5) is 55.6. The molecule has 1 saturated carbocycles. The molecule has 1 aromatic heterocycles. The summed E-state index contributed by atoms with van der Waals surface area (Å²) in [5.41, 5.74) is 1.88. The van der Waals surface area contributed by atoms with Gasteiger partial charge in [-0.25, -0.2) is 4.79 Å². The van der Waals surface area contributed by atoms with Crippen molar-refractivity contribution in [1.82, 2.24) is 4.98 Å². The Balaban J connectivity index is 1.40. The lowest BCUT2D eigenvalue weighted by atomic mass is 9.94. The first-order chi connectivity index (χ1) is 18.8. The number of rotatable bonds is 10. The van der Waals surface area contributed by atoms with E-state index in [2.05, 4.69) is 21.1 Å². The summed E-state index contributed by atoms with van der Waals surface area (Å²) in [5.74, 6) is -1.81. The van der Waals surface area contributed by atoms with Crippen LogP contribution < -0.4 is 4.90 Å². The van der Waals surface area contributed by atoms with Crippen molar-refractivity contribution in [2.24, 2.45) is 11.1 Å². The number of nitroso groups, excluding NO2 is 1. The van der Waals surface area contributed by atoms with Gasteiger partial charge in [0.05, 0.1) is 22.8 Å². The van der Waals surface area contributed by atoms with E-state index in [4.69, 9.17) is 11.6 Å². The highest BCUT2D eigenvalue weighted by Crippen LogP contribution is 2.34. The monoisotopic (exact) mass is 541 g/mol. The molecule has 0 bridgehead atoms. The average molecular weight is 542 g/mol. The fourth-order valence-electron chi connectivity index (χ4n) is 4.45. The van der Waals surface area contributed by atoms with E-state index < -0.39 is 17.5 Å². The van der Waals surface area contributed by atoms with Crippen LogP contribution in [0.3, 0.4) is 0 Å². The fraction of sp³-hybridized carbons (Fsp3) is 0.200. The zero-order valence-electron chi connectivity index (χ0n) is 20.8. The first-order valence-electron chi connectivity index (χ1n) is 12.5. The number of ketones is 2. The van der Waals surface area contributed by atoms with Crippen molar-refractivity contribution in [2.75, 3.05) is 11.4 Å². The SMILES string of the molecule is O=Nc1cccc(C(=O)c2ccc(C(=O)c3ccc(N(CC4CC4)C4=CCC(Cl)C=C4)cn3)cc2C(=O)O)c1. The molecule has 39 heavy (non-hydrogen) atoms. The number of pyridine rings is 1. The third kappa shape index (κ3) is 5.86. The molecule has 5 rings (SSSR count). The lowest BCUT2D eigenvalue weighted by molar-refractivity contribution is 0.0692. The zero-order valence-corrected chi connectivity index (χ0v) is 21.5. The Morgan fingerprint density at radius 1 is 1.00 bits per heavy atom. The van der Waals surface area contributed by atoms with E-state index in [0.717, 1.165) is 24.4 Å². The van der Waals surface area contributed by atoms with Gasteiger partial charge in [-0.15, -0.1) is 16.5 Å². The Kier molecular flexibility index (Phi) is 7.47. The third-order valence-corrected chi connectivity index (χ3v) is 7.06. The number of hydrogen-bond donors (Lipinski definition) is 1. The van der Waals surface area contributed by atoms with Crippen LogP contribution in [0.4, 0.5) is 11.4 Å². The Hall–Kier alpha value is -4.43.